The lowest BCUT2D eigenvalue weighted by Crippen LogP contribution is -3.15. The van der Waals surface area contributed by atoms with Gasteiger partial charge >= 0.3 is 0 Å². The third-order valence-corrected chi connectivity index (χ3v) is 5.84. The molecule has 1 fully saturated rings. The fourth-order valence-corrected chi connectivity index (χ4v) is 4.38. The number of piperazine rings is 1. The van der Waals surface area contributed by atoms with Crippen LogP contribution < -0.4 is 10.2 Å². The van der Waals surface area contributed by atoms with Crippen LogP contribution in [0.5, 0.6) is 0 Å². The van der Waals surface area contributed by atoms with Crippen molar-refractivity contribution in [3.8, 4) is 0 Å². The van der Waals surface area contributed by atoms with E-state index in [1.54, 1.807) is 12.1 Å². The van der Waals surface area contributed by atoms with E-state index in [9.17, 15) is 9.59 Å². The first-order chi connectivity index (χ1) is 15.1. The monoisotopic (exact) mass is 414 g/mol. The molecule has 0 aliphatic carbocycles. The number of amides is 2. The Labute approximate surface area is 183 Å². The molecule has 1 heterocycles. The van der Waals surface area contributed by atoms with Gasteiger partial charge in [0.05, 0.1) is 37.4 Å². The average molecular weight is 415 g/mol. The maximum Gasteiger partial charge on any atom is 0.256 e. The summed E-state index contributed by atoms with van der Waals surface area (Å²) in [5.41, 5.74) is 3.70. The van der Waals surface area contributed by atoms with Gasteiger partial charge in [-0.25, -0.2) is 0 Å². The van der Waals surface area contributed by atoms with Crippen LogP contribution in [0.2, 0.25) is 0 Å². The Kier molecular flexibility index (Phi) is 6.43. The maximum atomic E-state index is 13.2. The summed E-state index contributed by atoms with van der Waals surface area (Å²) in [6.45, 7) is 4.54. The number of hydrogen-bond donors (Lipinski definition) is 2. The Morgan fingerprint density at radius 1 is 0.806 bits per heavy atom. The van der Waals surface area contributed by atoms with Gasteiger partial charge in [0.15, 0.2) is 0 Å². The molecule has 2 N–H and O–H groups in total. The van der Waals surface area contributed by atoms with Crippen LogP contribution in [0.25, 0.3) is 0 Å². The van der Waals surface area contributed by atoms with Gasteiger partial charge in [0, 0.05) is 18.1 Å². The second kappa shape index (κ2) is 9.58. The fourth-order valence-electron chi connectivity index (χ4n) is 4.38. The largest absolute Gasteiger partial charge is 0.327 e. The van der Waals surface area contributed by atoms with Gasteiger partial charge in [0.25, 0.3) is 5.91 Å². The zero-order valence-electron chi connectivity index (χ0n) is 17.8. The van der Waals surface area contributed by atoms with E-state index in [0.717, 1.165) is 13.1 Å². The van der Waals surface area contributed by atoms with Crippen molar-refractivity contribution in [1.29, 1.82) is 0 Å². The molecule has 31 heavy (non-hydrogen) atoms. The quantitative estimate of drug-likeness (QED) is 0.675. The molecule has 1 saturated heterocycles. The van der Waals surface area contributed by atoms with Crippen LogP contribution in [-0.4, -0.2) is 42.9 Å². The van der Waals surface area contributed by atoms with Crippen LogP contribution in [0.3, 0.4) is 0 Å². The predicted octanol–water partition coefficient (Wildman–Crippen LogP) is 2.78. The Balaban J connectivity index is 1.51. The number of quaternary nitrogens is 1. The van der Waals surface area contributed by atoms with Gasteiger partial charge in [-0.3, -0.25) is 9.59 Å². The minimum Gasteiger partial charge on any atom is -0.327 e. The molecule has 1 aliphatic heterocycles. The summed E-state index contributed by atoms with van der Waals surface area (Å²) >= 11 is 0. The molecule has 5 heteroatoms. The Bertz CT molecular complexity index is 989. The third-order valence-electron chi connectivity index (χ3n) is 5.84. The highest BCUT2D eigenvalue weighted by Gasteiger charge is 2.32. The maximum absolute atomic E-state index is 13.2. The molecule has 4 rings (SSSR count). The molecule has 0 spiro atoms. The van der Waals surface area contributed by atoms with Crippen molar-refractivity contribution in [3.63, 3.8) is 0 Å². The summed E-state index contributed by atoms with van der Waals surface area (Å²) in [5, 5.41) is 2.77. The van der Waals surface area contributed by atoms with E-state index in [1.807, 2.05) is 29.2 Å². The minimum atomic E-state index is -0.178. The van der Waals surface area contributed by atoms with E-state index in [4.69, 9.17) is 0 Å². The highest BCUT2D eigenvalue weighted by atomic mass is 16.2. The minimum absolute atomic E-state index is 0.0284. The van der Waals surface area contributed by atoms with Crippen LogP contribution in [0, 0.1) is 0 Å². The summed E-state index contributed by atoms with van der Waals surface area (Å²) in [5.74, 6) is -0.206. The molecule has 1 aliphatic rings. The van der Waals surface area contributed by atoms with Gasteiger partial charge in [-0.1, -0.05) is 72.8 Å². The average Bonchev–Trinajstić information content (AvgIpc) is 2.81. The Morgan fingerprint density at radius 2 is 1.32 bits per heavy atom. The summed E-state index contributed by atoms with van der Waals surface area (Å²) in [7, 11) is 0. The normalized spacial score (nSPS) is 14.5. The molecule has 158 valence electrons. The Morgan fingerprint density at radius 3 is 1.87 bits per heavy atom. The SMILES string of the molecule is CC(=O)Nc1ccccc1C(=O)N1CC[NH+](C(c2ccccc2)c2ccccc2)CC1. The van der Waals surface area contributed by atoms with E-state index < -0.39 is 0 Å². The van der Waals surface area contributed by atoms with E-state index in [2.05, 4.69) is 53.8 Å². The van der Waals surface area contributed by atoms with Crippen molar-refractivity contribution < 1.29 is 14.5 Å². The predicted molar refractivity (Wildman–Crippen MR) is 122 cm³/mol. The topological polar surface area (TPSA) is 53.9 Å². The van der Waals surface area contributed by atoms with Crippen LogP contribution in [0.4, 0.5) is 5.69 Å². The summed E-state index contributed by atoms with van der Waals surface area (Å²) in [6, 6.07) is 28.6. The van der Waals surface area contributed by atoms with Crippen LogP contribution >= 0.6 is 0 Å². The zero-order chi connectivity index (χ0) is 21.6. The van der Waals surface area contributed by atoms with E-state index in [0.29, 0.717) is 24.3 Å². The van der Waals surface area contributed by atoms with Gasteiger partial charge in [0.2, 0.25) is 5.91 Å². The van der Waals surface area contributed by atoms with Crippen molar-refractivity contribution in [1.82, 2.24) is 4.90 Å². The van der Waals surface area contributed by atoms with E-state index >= 15 is 0 Å². The first-order valence-electron chi connectivity index (χ1n) is 10.7. The van der Waals surface area contributed by atoms with Crippen LogP contribution in [0.15, 0.2) is 84.9 Å². The van der Waals surface area contributed by atoms with Crippen molar-refractivity contribution in [2.45, 2.75) is 13.0 Å². The molecule has 0 bridgehead atoms. The van der Waals surface area contributed by atoms with Crippen LogP contribution in [-0.2, 0) is 4.79 Å². The lowest BCUT2D eigenvalue weighted by atomic mass is 9.96. The number of carbonyl (C=O) groups is 2. The van der Waals surface area contributed by atoms with Gasteiger partial charge < -0.3 is 15.1 Å². The molecular weight excluding hydrogens is 386 g/mol. The number of benzene rings is 3. The number of carbonyl (C=O) groups excluding carboxylic acids is 2. The van der Waals surface area contributed by atoms with Gasteiger partial charge in [-0.15, -0.1) is 0 Å². The smallest absolute Gasteiger partial charge is 0.256 e. The first-order valence-corrected chi connectivity index (χ1v) is 10.7. The number of anilines is 1. The lowest BCUT2D eigenvalue weighted by Gasteiger charge is -2.37. The molecular formula is C26H28N3O2+. The van der Waals surface area contributed by atoms with Gasteiger partial charge in [-0.2, -0.15) is 0 Å². The molecule has 2 amide bonds. The van der Waals surface area contributed by atoms with Gasteiger partial charge in [0.1, 0.15) is 6.04 Å². The number of nitrogens with one attached hydrogen (secondary N) is 2. The second-order valence-corrected chi connectivity index (χ2v) is 7.93. The van der Waals surface area contributed by atoms with E-state index in [-0.39, 0.29) is 17.9 Å². The standard InChI is InChI=1S/C26H27N3O2/c1-20(30)27-24-15-9-8-14-23(24)26(31)29-18-16-28(17-19-29)25(21-10-4-2-5-11-21)22-12-6-3-7-13-22/h2-15,25H,16-19H2,1H3,(H,27,30)/p+1. The highest BCUT2D eigenvalue weighted by molar-refractivity contribution is 6.03. The molecule has 0 aromatic heterocycles. The molecule has 5 nitrogen and oxygen atoms in total. The number of para-hydroxylation sites is 1. The Hall–Kier alpha value is -3.44. The summed E-state index contributed by atoms with van der Waals surface area (Å²) < 4.78 is 0. The first kappa shape index (κ1) is 20.8. The molecule has 0 radical (unpaired) electrons. The summed E-state index contributed by atoms with van der Waals surface area (Å²) in [4.78, 5) is 28.1. The fraction of sp³-hybridized carbons (Fsp3) is 0.231. The van der Waals surface area contributed by atoms with Crippen LogP contribution in [0.1, 0.15) is 34.5 Å². The van der Waals surface area contributed by atoms with Crippen molar-refractivity contribution >= 4 is 17.5 Å². The number of hydrogen-bond acceptors (Lipinski definition) is 2. The second-order valence-electron chi connectivity index (χ2n) is 7.93. The summed E-state index contributed by atoms with van der Waals surface area (Å²) in [6.07, 6.45) is 0. The number of rotatable bonds is 5. The molecule has 3 aromatic carbocycles. The van der Waals surface area contributed by atoms with Crippen molar-refractivity contribution in [3.05, 3.63) is 102 Å². The number of nitrogens with zero attached hydrogens (tertiary/aromatic N) is 1. The van der Waals surface area contributed by atoms with E-state index in [1.165, 1.54) is 23.0 Å². The molecule has 3 aromatic rings. The molecule has 0 atom stereocenters. The molecule has 0 unspecified atom stereocenters. The lowest BCUT2D eigenvalue weighted by molar-refractivity contribution is -0.929. The third kappa shape index (κ3) is 4.84. The highest BCUT2D eigenvalue weighted by Crippen LogP contribution is 2.21. The zero-order valence-corrected chi connectivity index (χ0v) is 17.8. The van der Waals surface area contributed by atoms with Crippen molar-refractivity contribution in [2.75, 3.05) is 31.5 Å². The van der Waals surface area contributed by atoms with Crippen molar-refractivity contribution in [2.24, 2.45) is 0 Å². The molecule has 0 saturated carbocycles. The van der Waals surface area contributed by atoms with Gasteiger partial charge in [-0.05, 0) is 12.1 Å².